The fourth-order valence-corrected chi connectivity index (χ4v) is 3.42. The number of nitrogens with one attached hydrogen (secondary N) is 1. The second kappa shape index (κ2) is 7.66. The summed E-state index contributed by atoms with van der Waals surface area (Å²) in [5.41, 5.74) is 3.08. The molecule has 0 spiro atoms. The number of carbonyl (C=O) groups is 1. The SMILES string of the molecule is COc1ccccc1-c1cc(C(C)C(C)C)c(F)c2[nH]c(C(=O)N(C)C)cc12. The van der Waals surface area contributed by atoms with E-state index >= 15 is 4.39 Å². The molecule has 1 N–H and O–H groups in total. The van der Waals surface area contributed by atoms with E-state index in [1.165, 1.54) is 4.90 Å². The number of methoxy groups -OCH3 is 1. The first-order chi connectivity index (χ1) is 13.3. The van der Waals surface area contributed by atoms with E-state index in [2.05, 4.69) is 18.8 Å². The molecule has 2 aromatic carbocycles. The summed E-state index contributed by atoms with van der Waals surface area (Å²) in [6.45, 7) is 6.18. The molecule has 1 unspecified atom stereocenters. The number of benzene rings is 2. The van der Waals surface area contributed by atoms with Gasteiger partial charge in [-0.2, -0.15) is 0 Å². The lowest BCUT2D eigenvalue weighted by atomic mass is 9.86. The Labute approximate surface area is 165 Å². The molecule has 0 aliphatic carbocycles. The molecule has 0 fully saturated rings. The van der Waals surface area contributed by atoms with Gasteiger partial charge in [-0.1, -0.05) is 39.0 Å². The molecule has 1 aromatic heterocycles. The third-order valence-electron chi connectivity index (χ3n) is 5.40. The molecule has 0 saturated carbocycles. The summed E-state index contributed by atoms with van der Waals surface area (Å²) < 4.78 is 21.0. The zero-order valence-electron chi connectivity index (χ0n) is 17.3. The third-order valence-corrected chi connectivity index (χ3v) is 5.40. The summed E-state index contributed by atoms with van der Waals surface area (Å²) in [6.07, 6.45) is 0. The number of hydrogen-bond acceptors (Lipinski definition) is 2. The number of fused-ring (bicyclic) bond motifs is 1. The van der Waals surface area contributed by atoms with Crippen LogP contribution in [0, 0.1) is 11.7 Å². The Morgan fingerprint density at radius 3 is 2.39 bits per heavy atom. The van der Waals surface area contributed by atoms with Crippen LogP contribution in [0.25, 0.3) is 22.0 Å². The number of aromatic amines is 1. The largest absolute Gasteiger partial charge is 0.496 e. The molecular weight excluding hydrogens is 355 g/mol. The van der Waals surface area contributed by atoms with E-state index < -0.39 is 0 Å². The Hall–Kier alpha value is -2.82. The molecule has 3 rings (SSSR count). The smallest absolute Gasteiger partial charge is 0.269 e. The first kappa shape index (κ1) is 19.9. The Balaban J connectivity index is 2.37. The predicted octanol–water partition coefficient (Wildman–Crippen LogP) is 5.44. The van der Waals surface area contributed by atoms with Crippen LogP contribution in [0.1, 0.15) is 42.7 Å². The first-order valence-electron chi connectivity index (χ1n) is 9.46. The molecule has 0 radical (unpaired) electrons. The van der Waals surface area contributed by atoms with Crippen LogP contribution in [0.3, 0.4) is 0 Å². The van der Waals surface area contributed by atoms with Gasteiger partial charge in [0.15, 0.2) is 5.82 Å². The van der Waals surface area contributed by atoms with Gasteiger partial charge in [0.1, 0.15) is 11.4 Å². The molecule has 148 valence electrons. The van der Waals surface area contributed by atoms with Crippen molar-refractivity contribution >= 4 is 16.8 Å². The summed E-state index contributed by atoms with van der Waals surface area (Å²) >= 11 is 0. The van der Waals surface area contributed by atoms with Crippen molar-refractivity contribution in [3.63, 3.8) is 0 Å². The van der Waals surface area contributed by atoms with Gasteiger partial charge in [0, 0.05) is 25.0 Å². The van der Waals surface area contributed by atoms with E-state index in [9.17, 15) is 4.79 Å². The lowest BCUT2D eigenvalue weighted by Crippen LogP contribution is -2.21. The topological polar surface area (TPSA) is 45.3 Å². The fraction of sp³-hybridized carbons (Fsp3) is 0.348. The van der Waals surface area contributed by atoms with Gasteiger partial charge in [-0.05, 0) is 41.2 Å². The van der Waals surface area contributed by atoms with Gasteiger partial charge in [0.2, 0.25) is 0 Å². The number of hydrogen-bond donors (Lipinski definition) is 1. The number of H-pyrrole nitrogens is 1. The summed E-state index contributed by atoms with van der Waals surface area (Å²) in [7, 11) is 4.98. The summed E-state index contributed by atoms with van der Waals surface area (Å²) in [5, 5.41) is 0.673. The maximum atomic E-state index is 15.4. The van der Waals surface area contributed by atoms with E-state index in [1.54, 1.807) is 27.3 Å². The van der Waals surface area contributed by atoms with Crippen molar-refractivity contribution in [3.05, 3.63) is 53.5 Å². The van der Waals surface area contributed by atoms with Crippen molar-refractivity contribution in [2.24, 2.45) is 5.92 Å². The molecule has 4 nitrogen and oxygen atoms in total. The van der Waals surface area contributed by atoms with Crippen molar-refractivity contribution in [1.82, 2.24) is 9.88 Å². The number of para-hydroxylation sites is 1. The van der Waals surface area contributed by atoms with Crippen LogP contribution in [-0.2, 0) is 0 Å². The predicted molar refractivity (Wildman–Crippen MR) is 112 cm³/mol. The van der Waals surface area contributed by atoms with Crippen LogP contribution in [-0.4, -0.2) is 37.0 Å². The van der Waals surface area contributed by atoms with Gasteiger partial charge in [0.25, 0.3) is 5.91 Å². The minimum absolute atomic E-state index is 0.0224. The maximum Gasteiger partial charge on any atom is 0.269 e. The molecule has 0 bridgehead atoms. The summed E-state index contributed by atoms with van der Waals surface area (Å²) in [6, 6.07) is 11.3. The Morgan fingerprint density at radius 1 is 1.11 bits per heavy atom. The van der Waals surface area contributed by atoms with Crippen LogP contribution in [0.15, 0.2) is 36.4 Å². The first-order valence-corrected chi connectivity index (χ1v) is 9.46. The molecule has 1 atom stereocenters. The number of amides is 1. The van der Waals surface area contributed by atoms with Crippen LogP contribution >= 0.6 is 0 Å². The van der Waals surface area contributed by atoms with Crippen LogP contribution < -0.4 is 4.74 Å². The number of rotatable bonds is 5. The van der Waals surface area contributed by atoms with E-state index in [1.807, 2.05) is 37.3 Å². The van der Waals surface area contributed by atoms with Crippen molar-refractivity contribution in [3.8, 4) is 16.9 Å². The Bertz CT molecular complexity index is 1020. The van der Waals surface area contributed by atoms with Gasteiger partial charge in [0.05, 0.1) is 12.6 Å². The number of halogens is 1. The Kier molecular flexibility index (Phi) is 5.45. The van der Waals surface area contributed by atoms with E-state index in [0.717, 1.165) is 11.1 Å². The second-order valence-corrected chi connectivity index (χ2v) is 7.73. The van der Waals surface area contributed by atoms with E-state index in [-0.39, 0.29) is 23.6 Å². The highest BCUT2D eigenvalue weighted by atomic mass is 19.1. The lowest BCUT2D eigenvalue weighted by molar-refractivity contribution is 0.0823. The highest BCUT2D eigenvalue weighted by molar-refractivity contribution is 6.04. The standard InChI is InChI=1S/C23H27FN2O2/c1-13(2)14(3)16-11-17(15-9-7-8-10-20(15)28-6)18-12-19(23(27)26(4)5)25-22(18)21(16)24/h7-14,25H,1-6H3. The highest BCUT2D eigenvalue weighted by Crippen LogP contribution is 2.40. The molecule has 1 heterocycles. The summed E-state index contributed by atoms with van der Waals surface area (Å²) in [5.74, 6) is 0.511. The molecule has 1 amide bonds. The minimum Gasteiger partial charge on any atom is -0.496 e. The quantitative estimate of drug-likeness (QED) is 0.638. The van der Waals surface area contributed by atoms with Gasteiger partial charge < -0.3 is 14.6 Å². The van der Waals surface area contributed by atoms with Crippen LogP contribution in [0.5, 0.6) is 5.75 Å². The van der Waals surface area contributed by atoms with Gasteiger partial charge >= 0.3 is 0 Å². The lowest BCUT2D eigenvalue weighted by Gasteiger charge is -2.19. The molecule has 5 heteroatoms. The molecule has 0 aliphatic rings. The monoisotopic (exact) mass is 382 g/mol. The zero-order chi connectivity index (χ0) is 20.6. The number of ether oxygens (including phenoxy) is 1. The second-order valence-electron chi connectivity index (χ2n) is 7.73. The number of carbonyl (C=O) groups excluding carboxylic acids is 1. The van der Waals surface area contributed by atoms with E-state index in [0.29, 0.717) is 27.9 Å². The maximum absolute atomic E-state index is 15.4. The highest BCUT2D eigenvalue weighted by Gasteiger charge is 2.24. The van der Waals surface area contributed by atoms with Crippen molar-refractivity contribution in [2.45, 2.75) is 26.7 Å². The van der Waals surface area contributed by atoms with Crippen molar-refractivity contribution in [1.29, 1.82) is 0 Å². The van der Waals surface area contributed by atoms with Gasteiger partial charge in [-0.25, -0.2) is 4.39 Å². The van der Waals surface area contributed by atoms with Crippen LogP contribution in [0.2, 0.25) is 0 Å². The molecular formula is C23H27FN2O2. The molecule has 28 heavy (non-hydrogen) atoms. The molecule has 3 aromatic rings. The number of aromatic nitrogens is 1. The van der Waals surface area contributed by atoms with Gasteiger partial charge in [-0.15, -0.1) is 0 Å². The van der Waals surface area contributed by atoms with Crippen molar-refractivity contribution in [2.75, 3.05) is 21.2 Å². The minimum atomic E-state index is -0.298. The van der Waals surface area contributed by atoms with Gasteiger partial charge in [-0.3, -0.25) is 4.79 Å². The Morgan fingerprint density at radius 2 is 1.79 bits per heavy atom. The summed E-state index contributed by atoms with van der Waals surface area (Å²) in [4.78, 5) is 17.0. The third kappa shape index (κ3) is 3.37. The van der Waals surface area contributed by atoms with Crippen molar-refractivity contribution < 1.29 is 13.9 Å². The fourth-order valence-electron chi connectivity index (χ4n) is 3.42. The average Bonchev–Trinajstić information content (AvgIpc) is 3.13. The molecule has 0 aliphatic heterocycles. The van der Waals surface area contributed by atoms with Crippen LogP contribution in [0.4, 0.5) is 4.39 Å². The number of nitrogens with zero attached hydrogens (tertiary/aromatic N) is 1. The molecule has 0 saturated heterocycles. The van der Waals surface area contributed by atoms with E-state index in [4.69, 9.17) is 4.74 Å². The normalized spacial score (nSPS) is 12.4. The zero-order valence-corrected chi connectivity index (χ0v) is 17.3. The average molecular weight is 382 g/mol.